The van der Waals surface area contributed by atoms with Gasteiger partial charge in [-0.3, -0.25) is 0 Å². The fraction of sp³-hybridized carbons (Fsp3) is 0.571. The molecule has 0 bridgehead atoms. The molecule has 1 aliphatic rings. The van der Waals surface area contributed by atoms with Crippen LogP contribution in [0.25, 0.3) is 0 Å². The Morgan fingerprint density at radius 3 is 2.61 bits per heavy atom. The zero-order valence-corrected chi connectivity index (χ0v) is 11.6. The lowest BCUT2D eigenvalue weighted by atomic mass is 10.2. The topological polar surface area (TPSA) is 46.2 Å². The van der Waals surface area contributed by atoms with Gasteiger partial charge in [0.2, 0.25) is 0 Å². The highest BCUT2D eigenvalue weighted by Crippen LogP contribution is 2.30. The summed E-state index contributed by atoms with van der Waals surface area (Å²) in [4.78, 5) is 0.459. The van der Waals surface area contributed by atoms with Gasteiger partial charge in [0.25, 0.3) is 0 Å². The van der Waals surface area contributed by atoms with Crippen molar-refractivity contribution in [2.24, 2.45) is 0 Å². The number of sulfone groups is 1. The van der Waals surface area contributed by atoms with Crippen LogP contribution in [0.2, 0.25) is 0 Å². The molecular weight excluding hydrogens is 246 g/mol. The van der Waals surface area contributed by atoms with Crippen LogP contribution < -0.4 is 5.32 Å². The van der Waals surface area contributed by atoms with E-state index >= 15 is 0 Å². The highest BCUT2D eigenvalue weighted by molar-refractivity contribution is 7.92. The van der Waals surface area contributed by atoms with Gasteiger partial charge < -0.3 is 5.32 Å². The van der Waals surface area contributed by atoms with Gasteiger partial charge in [-0.1, -0.05) is 31.5 Å². The van der Waals surface area contributed by atoms with Crippen LogP contribution in [0.15, 0.2) is 35.2 Å². The number of rotatable bonds is 5. The Hall–Kier alpha value is -0.870. The second-order valence-electron chi connectivity index (χ2n) is 4.89. The molecule has 0 heterocycles. The Balaban J connectivity index is 2.19. The molecule has 4 heteroatoms. The van der Waals surface area contributed by atoms with Crippen LogP contribution in [-0.4, -0.2) is 26.3 Å². The van der Waals surface area contributed by atoms with Crippen molar-refractivity contribution in [3.63, 3.8) is 0 Å². The van der Waals surface area contributed by atoms with Gasteiger partial charge in [0.05, 0.1) is 10.1 Å². The summed E-state index contributed by atoms with van der Waals surface area (Å²) < 4.78 is 25.1. The average Bonchev–Trinajstić information content (AvgIpc) is 2.86. The van der Waals surface area contributed by atoms with E-state index in [2.05, 4.69) is 12.2 Å². The first kappa shape index (κ1) is 13.6. The van der Waals surface area contributed by atoms with Crippen molar-refractivity contribution >= 4 is 9.84 Å². The zero-order valence-electron chi connectivity index (χ0n) is 10.8. The normalized spacial score (nSPS) is 24.3. The first-order valence-corrected chi connectivity index (χ1v) is 8.23. The highest BCUT2D eigenvalue weighted by Gasteiger charge is 2.37. The third-order valence-corrected chi connectivity index (χ3v) is 5.87. The Bertz CT molecular complexity index is 470. The van der Waals surface area contributed by atoms with Gasteiger partial charge in [0.15, 0.2) is 9.84 Å². The van der Waals surface area contributed by atoms with E-state index in [0.29, 0.717) is 4.90 Å². The Kier molecular flexibility index (Phi) is 4.40. The molecule has 1 aliphatic carbocycles. The van der Waals surface area contributed by atoms with Crippen molar-refractivity contribution in [2.75, 3.05) is 6.54 Å². The van der Waals surface area contributed by atoms with E-state index in [-0.39, 0.29) is 11.3 Å². The van der Waals surface area contributed by atoms with Crippen LogP contribution in [0, 0.1) is 0 Å². The molecule has 1 N–H and O–H groups in total. The predicted molar refractivity (Wildman–Crippen MR) is 73.3 cm³/mol. The maximum atomic E-state index is 12.6. The van der Waals surface area contributed by atoms with Crippen molar-refractivity contribution < 1.29 is 8.42 Å². The molecule has 0 amide bonds. The lowest BCUT2D eigenvalue weighted by Crippen LogP contribution is -2.40. The minimum absolute atomic E-state index is 0.121. The minimum atomic E-state index is -3.18. The molecule has 0 radical (unpaired) electrons. The molecule has 0 saturated heterocycles. The molecule has 1 fully saturated rings. The van der Waals surface area contributed by atoms with Crippen LogP contribution in [0.4, 0.5) is 0 Å². The lowest BCUT2D eigenvalue weighted by molar-refractivity contribution is 0.505. The van der Waals surface area contributed by atoms with Crippen molar-refractivity contribution in [2.45, 2.75) is 48.8 Å². The fourth-order valence-electron chi connectivity index (χ4n) is 2.65. The molecule has 2 unspecified atom stereocenters. The fourth-order valence-corrected chi connectivity index (χ4v) is 4.67. The summed E-state index contributed by atoms with van der Waals surface area (Å²) in [7, 11) is -3.18. The molecule has 1 aromatic rings. The van der Waals surface area contributed by atoms with Gasteiger partial charge in [-0.05, 0) is 37.9 Å². The van der Waals surface area contributed by atoms with E-state index in [1.54, 1.807) is 24.3 Å². The zero-order chi connectivity index (χ0) is 13.0. The molecule has 2 atom stereocenters. The smallest absolute Gasteiger partial charge is 0.182 e. The van der Waals surface area contributed by atoms with Crippen molar-refractivity contribution in [3.05, 3.63) is 30.3 Å². The minimum Gasteiger partial charge on any atom is -0.313 e. The van der Waals surface area contributed by atoms with Crippen molar-refractivity contribution in [3.8, 4) is 0 Å². The van der Waals surface area contributed by atoms with Crippen LogP contribution in [-0.2, 0) is 9.84 Å². The van der Waals surface area contributed by atoms with E-state index in [0.717, 1.165) is 32.2 Å². The maximum absolute atomic E-state index is 12.6. The van der Waals surface area contributed by atoms with Gasteiger partial charge in [0.1, 0.15) is 0 Å². The van der Waals surface area contributed by atoms with Crippen molar-refractivity contribution in [1.29, 1.82) is 0 Å². The second-order valence-corrected chi connectivity index (χ2v) is 7.05. The van der Waals surface area contributed by atoms with E-state index < -0.39 is 9.84 Å². The maximum Gasteiger partial charge on any atom is 0.182 e. The molecule has 0 aromatic heterocycles. The molecule has 1 saturated carbocycles. The quantitative estimate of drug-likeness (QED) is 0.891. The molecule has 18 heavy (non-hydrogen) atoms. The number of hydrogen-bond acceptors (Lipinski definition) is 3. The average molecular weight is 267 g/mol. The number of benzene rings is 1. The Labute approximate surface area is 110 Å². The first-order valence-electron chi connectivity index (χ1n) is 6.68. The molecule has 1 aromatic carbocycles. The van der Waals surface area contributed by atoms with Crippen LogP contribution in [0.1, 0.15) is 32.6 Å². The van der Waals surface area contributed by atoms with Gasteiger partial charge >= 0.3 is 0 Å². The van der Waals surface area contributed by atoms with Crippen LogP contribution in [0.5, 0.6) is 0 Å². The van der Waals surface area contributed by atoms with E-state index in [4.69, 9.17) is 0 Å². The summed E-state index contributed by atoms with van der Waals surface area (Å²) in [6.07, 6.45) is 3.78. The van der Waals surface area contributed by atoms with E-state index in [1.807, 2.05) is 6.07 Å². The van der Waals surface area contributed by atoms with Crippen molar-refractivity contribution in [1.82, 2.24) is 5.32 Å². The number of hydrogen-bond donors (Lipinski definition) is 1. The van der Waals surface area contributed by atoms with Gasteiger partial charge in [-0.25, -0.2) is 8.42 Å². The van der Waals surface area contributed by atoms with E-state index in [1.165, 1.54) is 0 Å². The molecule has 3 nitrogen and oxygen atoms in total. The van der Waals surface area contributed by atoms with Crippen LogP contribution >= 0.6 is 0 Å². The Morgan fingerprint density at radius 1 is 1.22 bits per heavy atom. The molecule has 100 valence electrons. The summed E-state index contributed by atoms with van der Waals surface area (Å²) in [5, 5.41) is 3.12. The number of nitrogens with one attached hydrogen (secondary N) is 1. The summed E-state index contributed by atoms with van der Waals surface area (Å²) in [6, 6.07) is 8.94. The summed E-state index contributed by atoms with van der Waals surface area (Å²) in [5.41, 5.74) is 0. The monoisotopic (exact) mass is 267 g/mol. The molecule has 0 spiro atoms. The summed E-state index contributed by atoms with van der Waals surface area (Å²) >= 11 is 0. The van der Waals surface area contributed by atoms with Crippen LogP contribution in [0.3, 0.4) is 0 Å². The van der Waals surface area contributed by atoms with E-state index in [9.17, 15) is 8.42 Å². The summed E-state index contributed by atoms with van der Waals surface area (Å²) in [5.74, 6) is 0. The SMILES string of the molecule is CCCNC1CCCC1S(=O)(=O)c1ccccc1. The van der Waals surface area contributed by atoms with Gasteiger partial charge in [0, 0.05) is 6.04 Å². The largest absolute Gasteiger partial charge is 0.313 e. The standard InChI is InChI=1S/C14H21NO2S/c1-2-11-15-13-9-6-10-14(13)18(16,17)12-7-4-3-5-8-12/h3-5,7-8,13-15H,2,6,9-11H2,1H3. The second kappa shape index (κ2) is 5.85. The molecule has 0 aliphatic heterocycles. The third kappa shape index (κ3) is 2.75. The molecular formula is C14H21NO2S. The first-order chi connectivity index (χ1) is 8.66. The highest BCUT2D eigenvalue weighted by atomic mass is 32.2. The summed E-state index contributed by atoms with van der Waals surface area (Å²) in [6.45, 7) is 2.99. The third-order valence-electron chi connectivity index (χ3n) is 3.58. The lowest BCUT2D eigenvalue weighted by Gasteiger charge is -2.21. The Morgan fingerprint density at radius 2 is 1.94 bits per heavy atom. The predicted octanol–water partition coefficient (Wildman–Crippen LogP) is 2.38. The molecule has 2 rings (SSSR count). The van der Waals surface area contributed by atoms with Gasteiger partial charge in [-0.15, -0.1) is 0 Å². The van der Waals surface area contributed by atoms with Gasteiger partial charge in [-0.2, -0.15) is 0 Å².